The van der Waals surface area contributed by atoms with Gasteiger partial charge in [-0.15, -0.1) is 11.3 Å². The van der Waals surface area contributed by atoms with Crippen LogP contribution in [0.1, 0.15) is 30.5 Å². The summed E-state index contributed by atoms with van der Waals surface area (Å²) >= 11 is 7.60. The first-order valence-corrected chi connectivity index (χ1v) is 7.33. The van der Waals surface area contributed by atoms with E-state index in [0.29, 0.717) is 17.3 Å². The zero-order valence-corrected chi connectivity index (χ0v) is 12.8. The Balaban J connectivity index is 2.04. The van der Waals surface area contributed by atoms with Crippen LogP contribution in [0, 0.1) is 5.82 Å². The van der Waals surface area contributed by atoms with E-state index >= 15 is 0 Å². The van der Waals surface area contributed by atoms with Crippen LogP contribution in [0.3, 0.4) is 0 Å². The molecule has 0 saturated heterocycles. The van der Waals surface area contributed by atoms with Crippen molar-refractivity contribution in [1.29, 1.82) is 0 Å². The summed E-state index contributed by atoms with van der Waals surface area (Å²) in [6.45, 7) is 7.27. The normalized spacial score (nSPS) is 11.6. The number of benzene rings is 1. The van der Waals surface area contributed by atoms with Crippen molar-refractivity contribution in [2.45, 2.75) is 32.7 Å². The number of halogens is 2. The van der Waals surface area contributed by atoms with Crippen LogP contribution < -0.4 is 5.32 Å². The van der Waals surface area contributed by atoms with E-state index < -0.39 is 0 Å². The fourth-order valence-electron chi connectivity index (χ4n) is 1.72. The van der Waals surface area contributed by atoms with Gasteiger partial charge in [0.25, 0.3) is 0 Å². The third-order valence-electron chi connectivity index (χ3n) is 2.73. The van der Waals surface area contributed by atoms with Crippen molar-refractivity contribution in [2.24, 2.45) is 0 Å². The average Bonchev–Trinajstić information content (AvgIpc) is 2.73. The SMILES string of the molecule is CC(C)(C)c1ccc(CNc2cc(F)cc(Cl)c2)s1. The average molecular weight is 298 g/mol. The first-order chi connectivity index (χ1) is 8.84. The van der Waals surface area contributed by atoms with E-state index in [1.54, 1.807) is 17.4 Å². The lowest BCUT2D eigenvalue weighted by Crippen LogP contribution is -2.07. The highest BCUT2D eigenvalue weighted by Gasteiger charge is 2.15. The number of nitrogens with one attached hydrogen (secondary N) is 1. The molecule has 4 heteroatoms. The second-order valence-corrected chi connectivity index (χ2v) is 7.13. The molecule has 1 N–H and O–H groups in total. The Labute approximate surface area is 122 Å². The van der Waals surface area contributed by atoms with Gasteiger partial charge in [-0.1, -0.05) is 32.4 Å². The van der Waals surface area contributed by atoms with Crippen molar-refractivity contribution in [2.75, 3.05) is 5.32 Å². The molecule has 102 valence electrons. The highest BCUT2D eigenvalue weighted by atomic mass is 35.5. The van der Waals surface area contributed by atoms with Crippen molar-refractivity contribution in [3.8, 4) is 0 Å². The summed E-state index contributed by atoms with van der Waals surface area (Å²) < 4.78 is 13.2. The monoisotopic (exact) mass is 297 g/mol. The molecule has 1 aromatic carbocycles. The molecule has 0 bridgehead atoms. The van der Waals surface area contributed by atoms with E-state index in [1.165, 1.54) is 21.9 Å². The zero-order chi connectivity index (χ0) is 14.0. The molecule has 19 heavy (non-hydrogen) atoms. The molecule has 1 nitrogen and oxygen atoms in total. The molecule has 0 fully saturated rings. The van der Waals surface area contributed by atoms with Crippen molar-refractivity contribution >= 4 is 28.6 Å². The van der Waals surface area contributed by atoms with Crippen molar-refractivity contribution in [3.63, 3.8) is 0 Å². The molecule has 0 unspecified atom stereocenters. The molecular weight excluding hydrogens is 281 g/mol. The second kappa shape index (κ2) is 5.51. The third-order valence-corrected chi connectivity index (χ3v) is 4.46. The van der Waals surface area contributed by atoms with Crippen molar-refractivity contribution < 1.29 is 4.39 Å². The fourth-order valence-corrected chi connectivity index (χ4v) is 2.95. The van der Waals surface area contributed by atoms with E-state index in [9.17, 15) is 4.39 Å². The number of hydrogen-bond donors (Lipinski definition) is 1. The van der Waals surface area contributed by atoms with Crippen LogP contribution in [0.2, 0.25) is 5.02 Å². The van der Waals surface area contributed by atoms with Crippen molar-refractivity contribution in [1.82, 2.24) is 0 Å². The summed E-state index contributed by atoms with van der Waals surface area (Å²) in [7, 11) is 0. The molecule has 2 aromatic rings. The van der Waals surface area contributed by atoms with E-state index in [1.807, 2.05) is 0 Å². The van der Waals surface area contributed by atoms with Gasteiger partial charge in [0, 0.05) is 27.0 Å². The van der Waals surface area contributed by atoms with Crippen LogP contribution in [-0.2, 0) is 12.0 Å². The summed E-state index contributed by atoms with van der Waals surface area (Å²) in [6.07, 6.45) is 0. The summed E-state index contributed by atoms with van der Waals surface area (Å²) in [5.74, 6) is -0.323. The van der Waals surface area contributed by atoms with Gasteiger partial charge in [0.05, 0.1) is 0 Å². The Kier molecular flexibility index (Phi) is 4.16. The van der Waals surface area contributed by atoms with Crippen LogP contribution in [0.25, 0.3) is 0 Å². The van der Waals surface area contributed by atoms with E-state index in [2.05, 4.69) is 38.2 Å². The van der Waals surface area contributed by atoms with Crippen LogP contribution in [-0.4, -0.2) is 0 Å². The van der Waals surface area contributed by atoms with E-state index in [4.69, 9.17) is 11.6 Å². The summed E-state index contributed by atoms with van der Waals surface area (Å²) in [5.41, 5.74) is 0.876. The van der Waals surface area contributed by atoms with Crippen LogP contribution in [0.15, 0.2) is 30.3 Å². The largest absolute Gasteiger partial charge is 0.380 e. The maximum Gasteiger partial charge on any atom is 0.126 e. The van der Waals surface area contributed by atoms with Gasteiger partial charge in [-0.2, -0.15) is 0 Å². The minimum absolute atomic E-state index is 0.172. The van der Waals surface area contributed by atoms with Gasteiger partial charge < -0.3 is 5.32 Å². The Hall–Kier alpha value is -1.06. The molecular formula is C15H17ClFNS. The Morgan fingerprint density at radius 2 is 1.95 bits per heavy atom. The molecule has 0 atom stereocenters. The summed E-state index contributed by atoms with van der Waals surface area (Å²) in [6, 6.07) is 8.74. The maximum absolute atomic E-state index is 13.2. The van der Waals surface area contributed by atoms with Crippen molar-refractivity contribution in [3.05, 3.63) is 50.9 Å². The Morgan fingerprint density at radius 1 is 1.21 bits per heavy atom. The minimum atomic E-state index is -0.323. The summed E-state index contributed by atoms with van der Waals surface area (Å²) in [5, 5.41) is 3.60. The molecule has 0 aliphatic carbocycles. The lowest BCUT2D eigenvalue weighted by molar-refractivity contribution is 0.604. The van der Waals surface area contributed by atoms with Gasteiger partial charge in [0.15, 0.2) is 0 Å². The smallest absolute Gasteiger partial charge is 0.126 e. The predicted molar refractivity (Wildman–Crippen MR) is 81.8 cm³/mol. The van der Waals surface area contributed by atoms with Crippen LogP contribution in [0.4, 0.5) is 10.1 Å². The number of hydrogen-bond acceptors (Lipinski definition) is 2. The standard InChI is InChI=1S/C15H17ClFNS/c1-15(2,3)14-5-4-13(19-14)9-18-12-7-10(16)6-11(17)8-12/h4-8,18H,9H2,1-3H3. The lowest BCUT2D eigenvalue weighted by Gasteiger charge is -2.15. The quantitative estimate of drug-likeness (QED) is 0.794. The zero-order valence-electron chi connectivity index (χ0n) is 11.3. The van der Waals surface area contributed by atoms with Crippen LogP contribution >= 0.6 is 22.9 Å². The maximum atomic E-state index is 13.2. The molecule has 0 spiro atoms. The highest BCUT2D eigenvalue weighted by molar-refractivity contribution is 7.12. The molecule has 0 saturated carbocycles. The predicted octanol–water partition coefficient (Wildman–Crippen LogP) is 5.45. The Morgan fingerprint density at radius 3 is 2.53 bits per heavy atom. The van der Waals surface area contributed by atoms with Gasteiger partial charge in [-0.25, -0.2) is 4.39 Å². The second-order valence-electron chi connectivity index (χ2n) is 5.53. The van der Waals surface area contributed by atoms with Gasteiger partial charge in [0.1, 0.15) is 5.82 Å². The molecule has 0 aliphatic rings. The van der Waals surface area contributed by atoms with Gasteiger partial charge in [-0.05, 0) is 35.7 Å². The van der Waals surface area contributed by atoms with Gasteiger partial charge in [0.2, 0.25) is 0 Å². The third kappa shape index (κ3) is 3.95. The minimum Gasteiger partial charge on any atom is -0.380 e. The highest BCUT2D eigenvalue weighted by Crippen LogP contribution is 2.30. The van der Waals surface area contributed by atoms with Crippen LogP contribution in [0.5, 0.6) is 0 Å². The first-order valence-electron chi connectivity index (χ1n) is 6.14. The Bertz CT molecular complexity index is 552. The van der Waals surface area contributed by atoms with Gasteiger partial charge in [-0.3, -0.25) is 0 Å². The number of anilines is 1. The molecule has 0 radical (unpaired) electrons. The van der Waals surface area contributed by atoms with E-state index in [0.717, 1.165) is 0 Å². The fraction of sp³-hybridized carbons (Fsp3) is 0.333. The van der Waals surface area contributed by atoms with Gasteiger partial charge >= 0.3 is 0 Å². The number of rotatable bonds is 3. The molecule has 2 rings (SSSR count). The van der Waals surface area contributed by atoms with E-state index in [-0.39, 0.29) is 11.2 Å². The molecule has 0 amide bonds. The molecule has 1 heterocycles. The first kappa shape index (κ1) is 14.4. The topological polar surface area (TPSA) is 12.0 Å². The summed E-state index contributed by atoms with van der Waals surface area (Å²) in [4.78, 5) is 2.58. The lowest BCUT2D eigenvalue weighted by atomic mass is 9.95. The molecule has 0 aliphatic heterocycles. The molecule has 1 aromatic heterocycles. The number of thiophene rings is 1.